The van der Waals surface area contributed by atoms with Crippen LogP contribution in [0.5, 0.6) is 0 Å². The third-order valence-corrected chi connectivity index (χ3v) is 8.07. The quantitative estimate of drug-likeness (QED) is 0.134. The molecule has 1 atom stereocenters. The van der Waals surface area contributed by atoms with Crippen LogP contribution in [0.3, 0.4) is 0 Å². The van der Waals surface area contributed by atoms with Crippen LogP contribution in [0.25, 0.3) is 17.5 Å². The van der Waals surface area contributed by atoms with Gasteiger partial charge in [0.1, 0.15) is 10.4 Å². The maximum absolute atomic E-state index is 13.2. The van der Waals surface area contributed by atoms with E-state index in [9.17, 15) is 14.7 Å². The van der Waals surface area contributed by atoms with Crippen molar-refractivity contribution in [1.82, 2.24) is 19.8 Å². The van der Waals surface area contributed by atoms with E-state index in [1.807, 2.05) is 78.9 Å². The third kappa shape index (κ3) is 6.20. The summed E-state index contributed by atoms with van der Waals surface area (Å²) in [5, 5.41) is 21.4. The summed E-state index contributed by atoms with van der Waals surface area (Å²) in [6.45, 7) is 0. The molecule has 0 radical (unpaired) electrons. The van der Waals surface area contributed by atoms with Crippen molar-refractivity contribution >= 4 is 80.6 Å². The predicted octanol–water partition coefficient (Wildman–Crippen LogP) is 6.15. The van der Waals surface area contributed by atoms with Crippen LogP contribution in [-0.4, -0.2) is 53.3 Å². The Labute approximate surface area is 252 Å². The largest absolute Gasteiger partial charge is 0.480 e. The zero-order valence-electron chi connectivity index (χ0n) is 20.6. The number of hydrogen-bond acceptors (Lipinski definition) is 7. The molecule has 1 aliphatic heterocycles. The lowest BCUT2D eigenvalue weighted by Gasteiger charge is -2.23. The van der Waals surface area contributed by atoms with Gasteiger partial charge in [-0.25, -0.2) is 9.89 Å². The molecule has 1 fully saturated rings. The fraction of sp³-hybridized carbons (Fsp3) is 0.0714. The van der Waals surface area contributed by atoms with E-state index in [1.165, 1.54) is 4.90 Å². The number of H-pyrrole nitrogens is 1. The minimum absolute atomic E-state index is 0.161. The molecule has 4 aromatic rings. The highest BCUT2D eigenvalue weighted by Crippen LogP contribution is 2.35. The van der Waals surface area contributed by atoms with E-state index in [-0.39, 0.29) is 10.7 Å². The Bertz CT molecular complexity index is 1710. The van der Waals surface area contributed by atoms with E-state index in [4.69, 9.17) is 24.4 Å². The second kappa shape index (κ2) is 12.2. The van der Waals surface area contributed by atoms with Gasteiger partial charge in [0.05, 0.1) is 11.1 Å². The van der Waals surface area contributed by atoms with Crippen molar-refractivity contribution in [1.29, 1.82) is 0 Å². The zero-order valence-corrected chi connectivity index (χ0v) is 24.6. The van der Waals surface area contributed by atoms with Gasteiger partial charge in [-0.2, -0.15) is 14.9 Å². The van der Waals surface area contributed by atoms with E-state index in [0.717, 1.165) is 38.5 Å². The summed E-state index contributed by atoms with van der Waals surface area (Å²) in [4.78, 5) is 26.8. The summed E-state index contributed by atoms with van der Waals surface area (Å²) < 4.78 is 3.04. The van der Waals surface area contributed by atoms with Gasteiger partial charge in [-0.15, -0.1) is 0 Å². The molecule has 1 aliphatic rings. The number of halogens is 1. The molecular weight excluding hydrogens is 630 g/mol. The first kappa shape index (κ1) is 27.8. The fourth-order valence-electron chi connectivity index (χ4n) is 4.04. The van der Waals surface area contributed by atoms with Gasteiger partial charge < -0.3 is 5.11 Å². The number of carboxylic acid groups (broad SMARTS) is 1. The van der Waals surface area contributed by atoms with Crippen LogP contribution in [0, 0.1) is 4.77 Å². The van der Waals surface area contributed by atoms with E-state index in [1.54, 1.807) is 17.0 Å². The minimum atomic E-state index is -1.11. The van der Waals surface area contributed by atoms with Crippen LogP contribution in [0.2, 0.25) is 0 Å². The van der Waals surface area contributed by atoms with Gasteiger partial charge in [0, 0.05) is 16.5 Å². The first-order valence-corrected chi connectivity index (χ1v) is 14.3. The minimum Gasteiger partial charge on any atom is -0.480 e. The standard InChI is InChI=1S/C28H20BrN5O3S3/c29-21-8-4-7-20(15-21)24-31-32-27(38)34(24)30-16-19-11-9-18(10-12-19)14-23-25(35)33(28(39)40-23)22(26(36)37)13-17-5-2-1-3-6-17/h1-12,14-16,22H,13H2,(H,32,38)(H,36,37)/b23-14-,30-16+/t22-/m0/s1. The molecule has 0 unspecified atom stereocenters. The summed E-state index contributed by atoms with van der Waals surface area (Å²) in [6.07, 6.45) is 3.53. The summed E-state index contributed by atoms with van der Waals surface area (Å²) in [5.41, 5.74) is 3.23. The smallest absolute Gasteiger partial charge is 0.327 e. The van der Waals surface area contributed by atoms with Crippen LogP contribution in [0.1, 0.15) is 16.7 Å². The Morgan fingerprint density at radius 1 is 1.07 bits per heavy atom. The SMILES string of the molecule is O=C(O)[C@H](Cc1ccccc1)N1C(=O)/C(=C/c2ccc(/C=N/n3c(-c4cccc(Br)c4)n[nH]c3=S)cc2)SC1=S. The van der Waals surface area contributed by atoms with Gasteiger partial charge >= 0.3 is 5.97 Å². The van der Waals surface area contributed by atoms with Gasteiger partial charge in [0.15, 0.2) is 5.82 Å². The number of nitrogens with one attached hydrogen (secondary N) is 1. The highest BCUT2D eigenvalue weighted by Gasteiger charge is 2.40. The highest BCUT2D eigenvalue weighted by atomic mass is 79.9. The molecule has 12 heteroatoms. The number of thiocarbonyl (C=S) groups is 1. The lowest BCUT2D eigenvalue weighted by Crippen LogP contribution is -2.45. The first-order chi connectivity index (χ1) is 19.3. The number of nitrogens with zero attached hydrogens (tertiary/aromatic N) is 4. The molecule has 0 spiro atoms. The van der Waals surface area contributed by atoms with Crippen LogP contribution < -0.4 is 0 Å². The molecule has 0 aliphatic carbocycles. The molecule has 1 saturated heterocycles. The molecule has 8 nitrogen and oxygen atoms in total. The topological polar surface area (TPSA) is 104 Å². The van der Waals surface area contributed by atoms with Crippen molar-refractivity contribution < 1.29 is 14.7 Å². The molecule has 1 aromatic heterocycles. The lowest BCUT2D eigenvalue weighted by molar-refractivity contribution is -0.145. The average Bonchev–Trinajstić information content (AvgIpc) is 3.45. The van der Waals surface area contributed by atoms with Gasteiger partial charge in [0.25, 0.3) is 5.91 Å². The number of benzene rings is 3. The Morgan fingerprint density at radius 3 is 2.50 bits per heavy atom. The number of carboxylic acids is 1. The first-order valence-electron chi connectivity index (χ1n) is 11.9. The van der Waals surface area contributed by atoms with Gasteiger partial charge in [-0.05, 0) is 47.1 Å². The highest BCUT2D eigenvalue weighted by molar-refractivity contribution is 9.10. The summed E-state index contributed by atoms with van der Waals surface area (Å²) >= 11 is 15.3. The monoisotopic (exact) mass is 649 g/mol. The fourth-order valence-corrected chi connectivity index (χ4v) is 5.98. The van der Waals surface area contributed by atoms with Crippen LogP contribution in [0.4, 0.5) is 0 Å². The summed E-state index contributed by atoms with van der Waals surface area (Å²) in [5.74, 6) is -0.947. The number of aromatic amines is 1. The molecule has 5 rings (SSSR count). The molecule has 3 aromatic carbocycles. The molecule has 0 saturated carbocycles. The number of rotatable bonds is 8. The number of thioether (sulfide) groups is 1. The number of aliphatic carboxylic acids is 1. The maximum Gasteiger partial charge on any atom is 0.327 e. The number of carbonyl (C=O) groups excluding carboxylic acids is 1. The Balaban J connectivity index is 1.33. The zero-order chi connectivity index (χ0) is 28.2. The number of amides is 1. The van der Waals surface area contributed by atoms with E-state index in [0.29, 0.717) is 15.5 Å². The van der Waals surface area contributed by atoms with Crippen LogP contribution >= 0.6 is 52.1 Å². The van der Waals surface area contributed by atoms with Crippen molar-refractivity contribution in [2.75, 3.05) is 0 Å². The van der Waals surface area contributed by atoms with Crippen LogP contribution in [-0.2, 0) is 16.0 Å². The Morgan fingerprint density at radius 2 is 1.80 bits per heavy atom. The van der Waals surface area contributed by atoms with Crippen molar-refractivity contribution in [3.05, 3.63) is 110 Å². The van der Waals surface area contributed by atoms with Crippen molar-refractivity contribution in [2.24, 2.45) is 5.10 Å². The van der Waals surface area contributed by atoms with E-state index < -0.39 is 17.9 Å². The van der Waals surface area contributed by atoms with Crippen molar-refractivity contribution in [3.8, 4) is 11.4 Å². The van der Waals surface area contributed by atoms with Crippen molar-refractivity contribution in [2.45, 2.75) is 12.5 Å². The summed E-state index contributed by atoms with van der Waals surface area (Å²) in [6, 6.07) is 23.2. The van der Waals surface area contributed by atoms with E-state index in [2.05, 4.69) is 31.2 Å². The third-order valence-electron chi connectivity index (χ3n) is 5.98. The maximum atomic E-state index is 13.2. The Kier molecular flexibility index (Phi) is 8.50. The lowest BCUT2D eigenvalue weighted by atomic mass is 10.0. The molecule has 200 valence electrons. The summed E-state index contributed by atoms with van der Waals surface area (Å²) in [7, 11) is 0. The second-order valence-corrected chi connectivity index (χ2v) is 11.7. The Hall–Kier alpha value is -3.71. The average molecular weight is 651 g/mol. The molecular formula is C28H20BrN5O3S3. The van der Waals surface area contributed by atoms with Gasteiger partial charge in [0.2, 0.25) is 4.77 Å². The number of carbonyl (C=O) groups is 2. The molecule has 1 amide bonds. The normalized spacial score (nSPS) is 15.3. The predicted molar refractivity (Wildman–Crippen MR) is 167 cm³/mol. The van der Waals surface area contributed by atoms with E-state index >= 15 is 0 Å². The number of aromatic nitrogens is 3. The molecule has 0 bridgehead atoms. The number of hydrogen-bond donors (Lipinski definition) is 2. The molecule has 2 N–H and O–H groups in total. The second-order valence-electron chi connectivity index (χ2n) is 8.68. The van der Waals surface area contributed by atoms with Gasteiger partial charge in [-0.1, -0.05) is 107 Å². The van der Waals surface area contributed by atoms with Crippen LogP contribution in [0.15, 0.2) is 93.3 Å². The van der Waals surface area contributed by atoms with Gasteiger partial charge in [-0.3, -0.25) is 9.69 Å². The molecule has 40 heavy (non-hydrogen) atoms. The van der Waals surface area contributed by atoms with Crippen molar-refractivity contribution in [3.63, 3.8) is 0 Å². The molecule has 2 heterocycles.